The molecule has 2 aromatic rings. The van der Waals surface area contributed by atoms with Crippen LogP contribution in [0.2, 0.25) is 0 Å². The van der Waals surface area contributed by atoms with Gasteiger partial charge in [-0.2, -0.15) is 0 Å². The van der Waals surface area contributed by atoms with E-state index in [9.17, 15) is 4.79 Å². The van der Waals surface area contributed by atoms with E-state index in [0.717, 1.165) is 36.1 Å². The molecule has 24 heavy (non-hydrogen) atoms. The second-order valence-corrected chi connectivity index (χ2v) is 6.55. The Balaban J connectivity index is 1.78. The Kier molecular flexibility index (Phi) is 3.64. The summed E-state index contributed by atoms with van der Waals surface area (Å²) in [6.45, 7) is 0. The molecular weight excluding hydrogens is 300 g/mol. The number of cyclic esters (lactones) is 1. The molecule has 0 bridgehead atoms. The number of methoxy groups -OCH3 is 1. The lowest BCUT2D eigenvalue weighted by atomic mass is 9.58. The molecule has 3 heteroatoms. The largest absolute Gasteiger partial charge is 0.497 e. The van der Waals surface area contributed by atoms with Gasteiger partial charge in [-0.25, -0.2) is 0 Å². The zero-order chi connectivity index (χ0) is 16.6. The summed E-state index contributed by atoms with van der Waals surface area (Å²) in [5.41, 5.74) is 1.69. The molecule has 0 N–H and O–H groups in total. The van der Waals surface area contributed by atoms with E-state index in [2.05, 4.69) is 18.2 Å². The first-order chi connectivity index (χ1) is 11.7. The molecule has 1 heterocycles. The van der Waals surface area contributed by atoms with Crippen LogP contribution in [0, 0.1) is 5.41 Å². The van der Waals surface area contributed by atoms with Gasteiger partial charge in [0.15, 0.2) is 0 Å². The average molecular weight is 320 g/mol. The Morgan fingerprint density at radius 2 is 1.75 bits per heavy atom. The molecule has 1 spiro atoms. The van der Waals surface area contributed by atoms with Crippen molar-refractivity contribution in [3.8, 4) is 5.75 Å². The fraction of sp³-hybridized carbons (Fsp3) is 0.286. The number of allylic oxidation sites excluding steroid dienone is 1. The molecule has 0 radical (unpaired) electrons. The third kappa shape index (κ3) is 2.32. The van der Waals surface area contributed by atoms with Gasteiger partial charge >= 0.3 is 5.97 Å². The quantitative estimate of drug-likeness (QED) is 0.779. The second kappa shape index (κ2) is 5.82. The number of hydrogen-bond donors (Lipinski definition) is 0. The lowest BCUT2D eigenvalue weighted by molar-refractivity contribution is -0.156. The monoisotopic (exact) mass is 320 g/mol. The standard InChI is InChI=1S/C21H20O3/c1-23-17-10-8-15(9-11-17)18-14-19(16-6-3-2-4-7-16)24-20(22)21(18)12-5-13-21/h2-4,6-11,14,18H,5,12-13H2,1H3. The van der Waals surface area contributed by atoms with E-state index in [1.807, 2.05) is 42.5 Å². The van der Waals surface area contributed by atoms with Gasteiger partial charge in [0.2, 0.25) is 0 Å². The fourth-order valence-corrected chi connectivity index (χ4v) is 3.73. The molecule has 2 aromatic carbocycles. The molecular formula is C21H20O3. The summed E-state index contributed by atoms with van der Waals surface area (Å²) in [4.78, 5) is 12.8. The number of hydrogen-bond acceptors (Lipinski definition) is 3. The van der Waals surface area contributed by atoms with Crippen LogP contribution in [0.25, 0.3) is 5.76 Å². The van der Waals surface area contributed by atoms with E-state index in [0.29, 0.717) is 5.76 Å². The van der Waals surface area contributed by atoms with Crippen LogP contribution < -0.4 is 4.74 Å². The molecule has 1 aliphatic carbocycles. The summed E-state index contributed by atoms with van der Waals surface area (Å²) in [5.74, 6) is 1.45. The first kappa shape index (κ1) is 15.0. The molecule has 1 unspecified atom stereocenters. The summed E-state index contributed by atoms with van der Waals surface area (Å²) >= 11 is 0. The predicted molar refractivity (Wildman–Crippen MR) is 92.5 cm³/mol. The highest BCUT2D eigenvalue weighted by atomic mass is 16.5. The van der Waals surface area contributed by atoms with Gasteiger partial charge in [0.05, 0.1) is 12.5 Å². The summed E-state index contributed by atoms with van der Waals surface area (Å²) in [6, 6.07) is 17.9. The van der Waals surface area contributed by atoms with Gasteiger partial charge in [0.1, 0.15) is 11.5 Å². The zero-order valence-corrected chi connectivity index (χ0v) is 13.7. The van der Waals surface area contributed by atoms with Gasteiger partial charge in [-0.3, -0.25) is 4.79 Å². The molecule has 1 atom stereocenters. The Bertz CT molecular complexity index is 770. The highest BCUT2D eigenvalue weighted by Gasteiger charge is 2.53. The van der Waals surface area contributed by atoms with Crippen molar-refractivity contribution in [2.24, 2.45) is 5.41 Å². The van der Waals surface area contributed by atoms with E-state index in [1.54, 1.807) is 7.11 Å². The maximum atomic E-state index is 12.8. The summed E-state index contributed by atoms with van der Waals surface area (Å²) in [6.07, 6.45) is 4.98. The van der Waals surface area contributed by atoms with Crippen LogP contribution >= 0.6 is 0 Å². The SMILES string of the molecule is COc1ccc(C2C=C(c3ccccc3)OC(=O)C23CCC3)cc1. The van der Waals surface area contributed by atoms with Crippen molar-refractivity contribution < 1.29 is 14.3 Å². The van der Waals surface area contributed by atoms with Crippen LogP contribution in [0.15, 0.2) is 60.7 Å². The lowest BCUT2D eigenvalue weighted by Gasteiger charge is -2.47. The van der Waals surface area contributed by atoms with Gasteiger partial charge in [-0.15, -0.1) is 0 Å². The predicted octanol–water partition coefficient (Wildman–Crippen LogP) is 4.55. The first-order valence-electron chi connectivity index (χ1n) is 8.36. The van der Waals surface area contributed by atoms with Crippen LogP contribution in [0.4, 0.5) is 0 Å². The van der Waals surface area contributed by atoms with Crippen molar-refractivity contribution in [3.63, 3.8) is 0 Å². The maximum Gasteiger partial charge on any atom is 0.318 e. The van der Waals surface area contributed by atoms with E-state index in [1.165, 1.54) is 0 Å². The van der Waals surface area contributed by atoms with Crippen molar-refractivity contribution in [1.82, 2.24) is 0 Å². The molecule has 0 saturated heterocycles. The van der Waals surface area contributed by atoms with E-state index in [-0.39, 0.29) is 11.9 Å². The number of carbonyl (C=O) groups is 1. The number of carbonyl (C=O) groups excluding carboxylic acids is 1. The third-order valence-electron chi connectivity index (χ3n) is 5.30. The van der Waals surface area contributed by atoms with Crippen LogP contribution in [0.5, 0.6) is 5.75 Å². The molecule has 2 aliphatic rings. The lowest BCUT2D eigenvalue weighted by Crippen LogP contribution is -2.46. The topological polar surface area (TPSA) is 35.5 Å². The van der Waals surface area contributed by atoms with E-state index < -0.39 is 5.41 Å². The van der Waals surface area contributed by atoms with Crippen molar-refractivity contribution in [2.45, 2.75) is 25.2 Å². The number of esters is 1. The van der Waals surface area contributed by atoms with Crippen LogP contribution in [-0.2, 0) is 9.53 Å². The van der Waals surface area contributed by atoms with Gasteiger partial charge in [-0.1, -0.05) is 48.9 Å². The van der Waals surface area contributed by atoms with E-state index >= 15 is 0 Å². The van der Waals surface area contributed by atoms with Gasteiger partial charge < -0.3 is 9.47 Å². The second-order valence-electron chi connectivity index (χ2n) is 6.55. The zero-order valence-electron chi connectivity index (χ0n) is 13.7. The molecule has 1 fully saturated rings. The summed E-state index contributed by atoms with van der Waals surface area (Å²) < 4.78 is 11.0. The van der Waals surface area contributed by atoms with Crippen molar-refractivity contribution in [1.29, 1.82) is 0 Å². The molecule has 0 aromatic heterocycles. The van der Waals surface area contributed by atoms with Crippen molar-refractivity contribution >= 4 is 11.7 Å². The summed E-state index contributed by atoms with van der Waals surface area (Å²) in [5, 5.41) is 0. The minimum Gasteiger partial charge on any atom is -0.497 e. The van der Waals surface area contributed by atoms with Gasteiger partial charge in [-0.05, 0) is 36.6 Å². The molecule has 4 rings (SSSR count). The van der Waals surface area contributed by atoms with Gasteiger partial charge in [0.25, 0.3) is 0 Å². The smallest absolute Gasteiger partial charge is 0.318 e. The summed E-state index contributed by atoms with van der Waals surface area (Å²) in [7, 11) is 1.66. The minimum absolute atomic E-state index is 0.0496. The van der Waals surface area contributed by atoms with Gasteiger partial charge in [0, 0.05) is 11.5 Å². The Morgan fingerprint density at radius 1 is 1.04 bits per heavy atom. The Labute approximate surface area is 141 Å². The Hall–Kier alpha value is -2.55. The molecule has 1 saturated carbocycles. The minimum atomic E-state index is -0.396. The average Bonchev–Trinajstić information content (AvgIpc) is 2.60. The fourth-order valence-electron chi connectivity index (χ4n) is 3.73. The van der Waals surface area contributed by atoms with Crippen LogP contribution in [0.1, 0.15) is 36.3 Å². The highest BCUT2D eigenvalue weighted by Crippen LogP contribution is 2.56. The number of rotatable bonds is 3. The maximum absolute atomic E-state index is 12.8. The first-order valence-corrected chi connectivity index (χ1v) is 8.36. The Morgan fingerprint density at radius 3 is 2.33 bits per heavy atom. The van der Waals surface area contributed by atoms with Crippen LogP contribution in [0.3, 0.4) is 0 Å². The highest BCUT2D eigenvalue weighted by molar-refractivity contribution is 5.88. The van der Waals surface area contributed by atoms with Crippen LogP contribution in [-0.4, -0.2) is 13.1 Å². The normalized spacial score (nSPS) is 21.6. The van der Waals surface area contributed by atoms with Crippen molar-refractivity contribution in [3.05, 3.63) is 71.8 Å². The molecule has 0 amide bonds. The van der Waals surface area contributed by atoms with Crippen molar-refractivity contribution in [2.75, 3.05) is 7.11 Å². The number of ether oxygens (including phenoxy) is 2. The molecule has 3 nitrogen and oxygen atoms in total. The molecule has 122 valence electrons. The van der Waals surface area contributed by atoms with E-state index in [4.69, 9.17) is 9.47 Å². The number of benzene rings is 2. The molecule has 1 aliphatic heterocycles. The third-order valence-corrected chi connectivity index (χ3v) is 5.30.